The minimum atomic E-state index is -0.963. The van der Waals surface area contributed by atoms with Gasteiger partial charge in [-0.3, -0.25) is 14.5 Å². The second-order valence-corrected chi connectivity index (χ2v) is 5.78. The molecule has 1 atom stereocenters. The van der Waals surface area contributed by atoms with E-state index in [1.807, 2.05) is 30.3 Å². The number of hydrogen-bond acceptors (Lipinski definition) is 4. The summed E-state index contributed by atoms with van der Waals surface area (Å²) >= 11 is 0. The largest absolute Gasteiger partial charge is 0.489 e. The van der Waals surface area contributed by atoms with Gasteiger partial charge in [-0.25, -0.2) is 0 Å². The molecule has 0 aliphatic carbocycles. The molecule has 1 amide bonds. The zero-order chi connectivity index (χ0) is 18.2. The lowest BCUT2D eigenvalue weighted by molar-refractivity contribution is -0.142. The SMILES string of the molecule is CC(C(=O)O)N(C)CC(=O)Nc1ccc(OCc2ccccc2)cc1. The number of benzene rings is 2. The monoisotopic (exact) mass is 342 g/mol. The molecule has 0 spiro atoms. The summed E-state index contributed by atoms with van der Waals surface area (Å²) in [6.45, 7) is 2.01. The number of carboxylic acids is 1. The molecule has 2 aromatic rings. The molecule has 0 saturated carbocycles. The van der Waals surface area contributed by atoms with Crippen LogP contribution in [0.15, 0.2) is 54.6 Å². The van der Waals surface area contributed by atoms with Crippen LogP contribution in [0.3, 0.4) is 0 Å². The van der Waals surface area contributed by atoms with Crippen molar-refractivity contribution >= 4 is 17.6 Å². The molecule has 0 aromatic heterocycles. The maximum absolute atomic E-state index is 12.0. The lowest BCUT2D eigenvalue weighted by Crippen LogP contribution is -2.40. The van der Waals surface area contributed by atoms with Crippen LogP contribution < -0.4 is 10.1 Å². The third-order valence-electron chi connectivity index (χ3n) is 3.80. The van der Waals surface area contributed by atoms with E-state index in [1.165, 1.54) is 11.8 Å². The Hall–Kier alpha value is -2.86. The van der Waals surface area contributed by atoms with Gasteiger partial charge < -0.3 is 15.2 Å². The molecule has 1 unspecified atom stereocenters. The number of aliphatic carboxylic acids is 1. The molecule has 0 saturated heterocycles. The minimum Gasteiger partial charge on any atom is -0.489 e. The van der Waals surface area contributed by atoms with Crippen LogP contribution >= 0.6 is 0 Å². The van der Waals surface area contributed by atoms with Gasteiger partial charge in [0.05, 0.1) is 6.54 Å². The second kappa shape index (κ2) is 8.84. The molecular weight excluding hydrogens is 320 g/mol. The van der Waals surface area contributed by atoms with Gasteiger partial charge in [-0.05, 0) is 43.8 Å². The molecule has 0 heterocycles. The average Bonchev–Trinajstić information content (AvgIpc) is 2.61. The highest BCUT2D eigenvalue weighted by Gasteiger charge is 2.18. The Bertz CT molecular complexity index is 701. The standard InChI is InChI=1S/C19H22N2O4/c1-14(19(23)24)21(2)12-18(22)20-16-8-10-17(11-9-16)25-13-15-6-4-3-5-7-15/h3-11,14H,12-13H2,1-2H3,(H,20,22)(H,23,24). The summed E-state index contributed by atoms with van der Waals surface area (Å²) in [6.07, 6.45) is 0. The van der Waals surface area contributed by atoms with Gasteiger partial charge in [0.2, 0.25) is 5.91 Å². The predicted molar refractivity (Wildman–Crippen MR) is 95.6 cm³/mol. The van der Waals surface area contributed by atoms with E-state index in [2.05, 4.69) is 5.32 Å². The van der Waals surface area contributed by atoms with E-state index in [-0.39, 0.29) is 12.5 Å². The molecule has 2 rings (SSSR count). The van der Waals surface area contributed by atoms with Gasteiger partial charge in [0.15, 0.2) is 0 Å². The van der Waals surface area contributed by atoms with Gasteiger partial charge in [-0.2, -0.15) is 0 Å². The van der Waals surface area contributed by atoms with Crippen LogP contribution in [0.5, 0.6) is 5.75 Å². The van der Waals surface area contributed by atoms with Crippen molar-refractivity contribution < 1.29 is 19.4 Å². The highest BCUT2D eigenvalue weighted by molar-refractivity contribution is 5.92. The molecule has 6 nitrogen and oxygen atoms in total. The molecule has 25 heavy (non-hydrogen) atoms. The first kappa shape index (κ1) is 18.5. The number of carbonyl (C=O) groups excluding carboxylic acids is 1. The maximum Gasteiger partial charge on any atom is 0.320 e. The van der Waals surface area contributed by atoms with E-state index in [0.29, 0.717) is 18.0 Å². The number of nitrogens with one attached hydrogen (secondary N) is 1. The minimum absolute atomic E-state index is 0.000273. The quantitative estimate of drug-likeness (QED) is 0.771. The van der Waals surface area contributed by atoms with E-state index >= 15 is 0 Å². The van der Waals surface area contributed by atoms with Crippen molar-refractivity contribution in [2.45, 2.75) is 19.6 Å². The topological polar surface area (TPSA) is 78.9 Å². The molecule has 6 heteroatoms. The third kappa shape index (κ3) is 5.93. The van der Waals surface area contributed by atoms with Crippen LogP contribution in [0, 0.1) is 0 Å². The molecule has 0 radical (unpaired) electrons. The van der Waals surface area contributed by atoms with Crippen LogP contribution in [-0.2, 0) is 16.2 Å². The number of anilines is 1. The van der Waals surface area contributed by atoms with Crippen molar-refractivity contribution in [3.8, 4) is 5.75 Å². The number of rotatable bonds is 8. The predicted octanol–water partition coefficient (Wildman–Crippen LogP) is 2.61. The van der Waals surface area contributed by atoms with E-state index in [0.717, 1.165) is 5.56 Å². The number of amides is 1. The molecule has 0 aliphatic heterocycles. The van der Waals surface area contributed by atoms with Gasteiger partial charge in [0, 0.05) is 5.69 Å². The molecule has 0 fully saturated rings. The normalized spacial score (nSPS) is 11.8. The third-order valence-corrected chi connectivity index (χ3v) is 3.80. The molecule has 0 aliphatic rings. The molecule has 0 bridgehead atoms. The fourth-order valence-corrected chi connectivity index (χ4v) is 2.13. The summed E-state index contributed by atoms with van der Waals surface area (Å²) in [5.41, 5.74) is 1.71. The van der Waals surface area contributed by atoms with Crippen LogP contribution in [0.1, 0.15) is 12.5 Å². The van der Waals surface area contributed by atoms with Crippen molar-refractivity contribution in [3.63, 3.8) is 0 Å². The number of ether oxygens (including phenoxy) is 1. The van der Waals surface area contributed by atoms with Gasteiger partial charge in [0.25, 0.3) is 0 Å². The first-order chi connectivity index (χ1) is 12.0. The Morgan fingerprint density at radius 1 is 1.12 bits per heavy atom. The summed E-state index contributed by atoms with van der Waals surface area (Å²) in [5, 5.41) is 11.7. The molecule has 132 valence electrons. The number of likely N-dealkylation sites (N-methyl/N-ethyl adjacent to an activating group) is 1. The first-order valence-corrected chi connectivity index (χ1v) is 7.95. The number of hydrogen-bond donors (Lipinski definition) is 2. The molecule has 2 N–H and O–H groups in total. The Morgan fingerprint density at radius 2 is 1.76 bits per heavy atom. The van der Waals surface area contributed by atoms with E-state index < -0.39 is 12.0 Å². The van der Waals surface area contributed by atoms with E-state index in [4.69, 9.17) is 9.84 Å². The second-order valence-electron chi connectivity index (χ2n) is 5.78. The van der Waals surface area contributed by atoms with E-state index in [1.54, 1.807) is 31.3 Å². The number of nitrogens with zero attached hydrogens (tertiary/aromatic N) is 1. The first-order valence-electron chi connectivity index (χ1n) is 7.95. The zero-order valence-electron chi connectivity index (χ0n) is 14.3. The Labute approximate surface area is 147 Å². The van der Waals surface area contributed by atoms with Gasteiger partial charge in [-0.1, -0.05) is 30.3 Å². The highest BCUT2D eigenvalue weighted by Crippen LogP contribution is 2.17. The van der Waals surface area contributed by atoms with Crippen molar-refractivity contribution in [3.05, 3.63) is 60.2 Å². The highest BCUT2D eigenvalue weighted by atomic mass is 16.5. The molecular formula is C19H22N2O4. The van der Waals surface area contributed by atoms with Gasteiger partial charge in [0.1, 0.15) is 18.4 Å². The van der Waals surface area contributed by atoms with Crippen molar-refractivity contribution in [2.75, 3.05) is 18.9 Å². The van der Waals surface area contributed by atoms with Gasteiger partial charge >= 0.3 is 5.97 Å². The van der Waals surface area contributed by atoms with Crippen LogP contribution in [0.2, 0.25) is 0 Å². The van der Waals surface area contributed by atoms with Crippen molar-refractivity contribution in [1.82, 2.24) is 4.90 Å². The lowest BCUT2D eigenvalue weighted by atomic mass is 10.2. The zero-order valence-corrected chi connectivity index (χ0v) is 14.3. The lowest BCUT2D eigenvalue weighted by Gasteiger charge is -2.20. The average molecular weight is 342 g/mol. The van der Waals surface area contributed by atoms with Crippen LogP contribution in [0.25, 0.3) is 0 Å². The van der Waals surface area contributed by atoms with Crippen LogP contribution in [-0.4, -0.2) is 41.5 Å². The van der Waals surface area contributed by atoms with Gasteiger partial charge in [-0.15, -0.1) is 0 Å². The molecule has 2 aromatic carbocycles. The Kier molecular flexibility index (Phi) is 6.54. The number of carbonyl (C=O) groups is 2. The fraction of sp³-hybridized carbons (Fsp3) is 0.263. The smallest absolute Gasteiger partial charge is 0.320 e. The Morgan fingerprint density at radius 3 is 2.36 bits per heavy atom. The fourth-order valence-electron chi connectivity index (χ4n) is 2.13. The summed E-state index contributed by atoms with van der Waals surface area (Å²) < 4.78 is 5.69. The van der Waals surface area contributed by atoms with Crippen molar-refractivity contribution in [2.24, 2.45) is 0 Å². The summed E-state index contributed by atoms with van der Waals surface area (Å²) in [4.78, 5) is 24.3. The maximum atomic E-state index is 12.0. The Balaban J connectivity index is 1.83. The van der Waals surface area contributed by atoms with Crippen molar-refractivity contribution in [1.29, 1.82) is 0 Å². The summed E-state index contributed by atoms with van der Waals surface area (Å²) in [5.74, 6) is -0.526. The summed E-state index contributed by atoms with van der Waals surface area (Å²) in [6, 6.07) is 16.2. The van der Waals surface area contributed by atoms with E-state index in [9.17, 15) is 9.59 Å². The van der Waals surface area contributed by atoms with Crippen LogP contribution in [0.4, 0.5) is 5.69 Å². The summed E-state index contributed by atoms with van der Waals surface area (Å²) in [7, 11) is 1.60. The number of carboxylic acid groups (broad SMARTS) is 1.